The van der Waals surface area contributed by atoms with Gasteiger partial charge in [-0.2, -0.15) is 0 Å². The summed E-state index contributed by atoms with van der Waals surface area (Å²) in [5, 5.41) is 0. The summed E-state index contributed by atoms with van der Waals surface area (Å²) >= 11 is 0. The average molecular weight is 822 g/mol. The molecule has 0 aliphatic rings. The van der Waals surface area contributed by atoms with Crippen LogP contribution in [-0.2, 0) is 32.7 Å². The molecule has 0 amide bonds. The van der Waals surface area contributed by atoms with Crippen LogP contribution in [0.25, 0.3) is 0 Å². The van der Waals surface area contributed by atoms with E-state index in [0.29, 0.717) is 12.8 Å². The molecule has 0 aliphatic heterocycles. The van der Waals surface area contributed by atoms with Crippen molar-refractivity contribution in [1.29, 1.82) is 0 Å². The number of allylic oxidation sites excluding steroid dienone is 10. The summed E-state index contributed by atoms with van der Waals surface area (Å²) in [5.74, 6) is -0.894. The molecule has 10 heteroatoms. The lowest BCUT2D eigenvalue weighted by molar-refractivity contribution is -0.161. The second-order valence-corrected chi connectivity index (χ2v) is 16.3. The number of phosphoric acid groups is 1. The van der Waals surface area contributed by atoms with Crippen molar-refractivity contribution in [3.05, 3.63) is 60.8 Å². The fourth-order valence-corrected chi connectivity index (χ4v) is 6.85. The maximum absolute atomic E-state index is 12.6. The van der Waals surface area contributed by atoms with Gasteiger partial charge >= 0.3 is 19.8 Å². The molecule has 2 atom stereocenters. The molecule has 9 nitrogen and oxygen atoms in total. The van der Waals surface area contributed by atoms with Gasteiger partial charge in [0.15, 0.2) is 6.10 Å². The van der Waals surface area contributed by atoms with Gasteiger partial charge in [0.1, 0.15) is 6.61 Å². The fraction of sp³-hybridized carbons (Fsp3) is 0.745. The third kappa shape index (κ3) is 43.1. The Balaban J connectivity index is 4.19. The number of esters is 2. The van der Waals surface area contributed by atoms with Crippen molar-refractivity contribution in [2.24, 2.45) is 5.73 Å². The number of carbonyl (C=O) groups is 2. The predicted octanol–water partition coefficient (Wildman–Crippen LogP) is 13.3. The number of ether oxygens (including phenoxy) is 2. The van der Waals surface area contributed by atoms with Gasteiger partial charge in [-0.3, -0.25) is 18.6 Å². The standard InChI is InChI=1S/C47H84NO8P/c1-3-5-7-9-11-13-15-17-19-21-22-24-26-28-30-32-34-36-38-40-47(50)56-45(44-55-57(51,52)54-42-41-48)43-53-46(49)39-37-35-33-31-29-27-25-23-20-18-16-14-12-10-8-6-4-2/h6,8,12,14,18,20,25,27,31,33,45H,3-5,7,9-11,13,15-17,19,21-24,26,28-30,32,34-44,48H2,1-2H3,(H,51,52)/t45-/m1/s1. The number of hydrogen-bond donors (Lipinski definition) is 2. The average Bonchev–Trinajstić information content (AvgIpc) is 3.20. The number of unbranched alkanes of at least 4 members (excludes halogenated alkanes) is 19. The molecule has 0 rings (SSSR count). The van der Waals surface area contributed by atoms with Gasteiger partial charge in [-0.15, -0.1) is 0 Å². The molecule has 0 saturated carbocycles. The summed E-state index contributed by atoms with van der Waals surface area (Å²) < 4.78 is 32.8. The van der Waals surface area contributed by atoms with Crippen LogP contribution in [0.2, 0.25) is 0 Å². The Morgan fingerprint density at radius 2 is 0.965 bits per heavy atom. The molecule has 0 aromatic rings. The first kappa shape index (κ1) is 54.7. The van der Waals surface area contributed by atoms with Gasteiger partial charge in [0.2, 0.25) is 0 Å². The van der Waals surface area contributed by atoms with Crippen LogP contribution in [0.15, 0.2) is 60.8 Å². The molecule has 0 spiro atoms. The molecule has 0 heterocycles. The Hall–Kier alpha value is -2.29. The molecule has 0 bridgehead atoms. The van der Waals surface area contributed by atoms with Crippen LogP contribution >= 0.6 is 7.82 Å². The quantitative estimate of drug-likeness (QED) is 0.0267. The third-order valence-corrected chi connectivity index (χ3v) is 10.4. The highest BCUT2D eigenvalue weighted by Crippen LogP contribution is 2.43. The van der Waals surface area contributed by atoms with E-state index < -0.39 is 32.5 Å². The van der Waals surface area contributed by atoms with Gasteiger partial charge in [0.05, 0.1) is 13.2 Å². The first-order valence-electron chi connectivity index (χ1n) is 22.8. The zero-order valence-corrected chi connectivity index (χ0v) is 37.2. The summed E-state index contributed by atoms with van der Waals surface area (Å²) in [6.07, 6.45) is 51.2. The van der Waals surface area contributed by atoms with Gasteiger partial charge in [-0.05, 0) is 51.4 Å². The lowest BCUT2D eigenvalue weighted by Gasteiger charge is -2.19. The molecular weight excluding hydrogens is 737 g/mol. The highest BCUT2D eigenvalue weighted by atomic mass is 31.2. The lowest BCUT2D eigenvalue weighted by Crippen LogP contribution is -2.29. The molecule has 330 valence electrons. The summed E-state index contributed by atoms with van der Waals surface area (Å²) in [6, 6.07) is 0. The van der Waals surface area contributed by atoms with E-state index in [0.717, 1.165) is 57.8 Å². The number of nitrogens with two attached hydrogens (primary N) is 1. The number of carbonyl (C=O) groups excluding carboxylic acids is 2. The van der Waals surface area contributed by atoms with E-state index in [9.17, 15) is 19.0 Å². The zero-order valence-electron chi connectivity index (χ0n) is 36.3. The summed E-state index contributed by atoms with van der Waals surface area (Å²) in [7, 11) is -4.39. The Morgan fingerprint density at radius 1 is 0.544 bits per heavy atom. The fourth-order valence-electron chi connectivity index (χ4n) is 6.08. The molecule has 0 aromatic carbocycles. The smallest absolute Gasteiger partial charge is 0.462 e. The van der Waals surface area contributed by atoms with Crippen molar-refractivity contribution in [2.75, 3.05) is 26.4 Å². The normalized spacial score (nSPS) is 13.8. The van der Waals surface area contributed by atoms with Crippen molar-refractivity contribution < 1.29 is 37.6 Å². The highest BCUT2D eigenvalue weighted by Gasteiger charge is 2.26. The van der Waals surface area contributed by atoms with Gasteiger partial charge in [-0.25, -0.2) is 4.57 Å². The van der Waals surface area contributed by atoms with Crippen LogP contribution in [-0.4, -0.2) is 49.3 Å². The minimum absolute atomic E-state index is 0.0446. The van der Waals surface area contributed by atoms with Crippen molar-refractivity contribution in [3.63, 3.8) is 0 Å². The van der Waals surface area contributed by atoms with E-state index in [1.165, 1.54) is 96.3 Å². The van der Waals surface area contributed by atoms with Crippen LogP contribution in [0.3, 0.4) is 0 Å². The third-order valence-electron chi connectivity index (χ3n) is 9.42. The molecule has 0 aromatic heterocycles. The van der Waals surface area contributed by atoms with Gasteiger partial charge in [-0.1, -0.05) is 190 Å². The summed E-state index contributed by atoms with van der Waals surface area (Å²) in [5.41, 5.74) is 5.35. The van der Waals surface area contributed by atoms with E-state index in [1.54, 1.807) is 0 Å². The molecular formula is C47H84NO8P. The Labute approximate surface area is 349 Å². The number of phosphoric ester groups is 1. The van der Waals surface area contributed by atoms with E-state index >= 15 is 0 Å². The van der Waals surface area contributed by atoms with Crippen LogP contribution in [0.4, 0.5) is 0 Å². The molecule has 0 fully saturated rings. The minimum Gasteiger partial charge on any atom is -0.462 e. The topological polar surface area (TPSA) is 134 Å². The maximum atomic E-state index is 12.6. The Bertz CT molecular complexity index is 1120. The maximum Gasteiger partial charge on any atom is 0.472 e. The molecule has 0 aliphatic carbocycles. The van der Waals surface area contributed by atoms with Crippen molar-refractivity contribution >= 4 is 19.8 Å². The van der Waals surface area contributed by atoms with Crippen LogP contribution < -0.4 is 5.73 Å². The summed E-state index contributed by atoms with van der Waals surface area (Å²) in [4.78, 5) is 34.9. The molecule has 0 radical (unpaired) electrons. The largest absolute Gasteiger partial charge is 0.472 e. The van der Waals surface area contributed by atoms with Crippen LogP contribution in [0, 0.1) is 0 Å². The SMILES string of the molecule is CCC=CCC=CCC=CCC=CCC=CCCCC(=O)OC[C@H](COP(=O)(O)OCCN)OC(=O)CCCCCCCCCCCCCCCCCCCCC. The highest BCUT2D eigenvalue weighted by molar-refractivity contribution is 7.47. The predicted molar refractivity (Wildman–Crippen MR) is 238 cm³/mol. The first-order chi connectivity index (χ1) is 27.8. The molecule has 3 N–H and O–H groups in total. The minimum atomic E-state index is -4.39. The van der Waals surface area contributed by atoms with Gasteiger partial charge in [0.25, 0.3) is 0 Å². The lowest BCUT2D eigenvalue weighted by atomic mass is 10.0. The Morgan fingerprint density at radius 3 is 1.42 bits per heavy atom. The van der Waals surface area contributed by atoms with E-state index in [4.69, 9.17) is 24.3 Å². The van der Waals surface area contributed by atoms with Gasteiger partial charge in [0, 0.05) is 19.4 Å². The Kier molecular flexibility index (Phi) is 41.6. The van der Waals surface area contributed by atoms with Crippen molar-refractivity contribution in [3.8, 4) is 0 Å². The number of hydrogen-bond acceptors (Lipinski definition) is 8. The molecule has 1 unspecified atom stereocenters. The summed E-state index contributed by atoms with van der Waals surface area (Å²) in [6.45, 7) is 3.57. The van der Waals surface area contributed by atoms with E-state index in [2.05, 4.69) is 68.5 Å². The second kappa shape index (κ2) is 43.3. The zero-order chi connectivity index (χ0) is 41.8. The van der Waals surface area contributed by atoms with E-state index in [-0.39, 0.29) is 32.6 Å². The monoisotopic (exact) mass is 822 g/mol. The molecule has 57 heavy (non-hydrogen) atoms. The van der Waals surface area contributed by atoms with Crippen molar-refractivity contribution in [1.82, 2.24) is 0 Å². The number of rotatable bonds is 42. The molecule has 0 saturated heterocycles. The van der Waals surface area contributed by atoms with Crippen molar-refractivity contribution in [2.45, 2.75) is 200 Å². The van der Waals surface area contributed by atoms with Crippen LogP contribution in [0.1, 0.15) is 194 Å². The first-order valence-corrected chi connectivity index (χ1v) is 24.3. The van der Waals surface area contributed by atoms with Gasteiger partial charge < -0.3 is 20.1 Å². The second-order valence-electron chi connectivity index (χ2n) is 14.9. The van der Waals surface area contributed by atoms with Crippen LogP contribution in [0.5, 0.6) is 0 Å². The van der Waals surface area contributed by atoms with E-state index in [1.807, 2.05) is 6.08 Å².